The van der Waals surface area contributed by atoms with Crippen molar-refractivity contribution in [2.24, 2.45) is 0 Å². The highest BCUT2D eigenvalue weighted by atomic mass is 35.5. The number of hydrogen-bond acceptors (Lipinski definition) is 10. The summed E-state index contributed by atoms with van der Waals surface area (Å²) in [6.45, 7) is 9.87. The van der Waals surface area contributed by atoms with E-state index in [1.165, 1.54) is 64.4 Å². The first-order valence-electron chi connectivity index (χ1n) is 20.3. The van der Waals surface area contributed by atoms with Gasteiger partial charge in [-0.1, -0.05) is 48.0 Å². The standard InChI is InChI=1S/C34H38ClN7O2S.C12H19NS/c35-27-5-1-24(2-6-27)31-11-9-29(41-15-13-37-14-16-41)21-26(31)23-40-17-19-42(20-18-40)28-7-3-25(4-8-28)34(43)39-45-30-10-12-32(36)33(22-30)38-44;1-13(2)10-6-7-11-14-12-8-4-3-5-9-12/h1-12,21-22,37-38,44H,13-20,23,36H2,(H,39,43);3-5,8-9H,6-7,10-11H2,1-2H3/p+1. The van der Waals surface area contributed by atoms with Crippen LogP contribution >= 0.6 is 35.3 Å². The molecule has 10 nitrogen and oxygen atoms in total. The molecule has 0 saturated carbocycles. The number of quaternary nitrogens is 1. The molecule has 2 aliphatic heterocycles. The number of nitrogens with zero attached hydrogens (tertiary/aromatic N) is 4. The molecule has 7 N–H and O–H groups in total. The van der Waals surface area contributed by atoms with Gasteiger partial charge in [0.15, 0.2) is 5.69 Å². The van der Waals surface area contributed by atoms with Crippen LogP contribution in [0, 0.1) is 0 Å². The van der Waals surface area contributed by atoms with E-state index < -0.39 is 0 Å². The third-order valence-electron chi connectivity index (χ3n) is 10.5. The van der Waals surface area contributed by atoms with Gasteiger partial charge in [-0.3, -0.25) is 14.4 Å². The first-order valence-corrected chi connectivity index (χ1v) is 22.5. The number of piperazine rings is 2. The molecule has 13 heteroatoms. The highest BCUT2D eigenvalue weighted by molar-refractivity contribution is 7.99. The maximum atomic E-state index is 12.8. The minimum Gasteiger partial charge on any atom is -0.394 e. The van der Waals surface area contributed by atoms with Crippen molar-refractivity contribution in [2.45, 2.75) is 29.2 Å². The number of rotatable bonds is 15. The molecular weight excluding hydrogens is 796 g/mol. The Labute approximate surface area is 363 Å². The molecule has 5 aromatic rings. The van der Waals surface area contributed by atoms with E-state index >= 15 is 0 Å². The predicted octanol–water partition coefficient (Wildman–Crippen LogP) is 7.46. The number of carbonyl (C=O) groups excluding carboxylic acids is 1. The Morgan fingerprint density at radius 2 is 1.51 bits per heavy atom. The van der Waals surface area contributed by atoms with Gasteiger partial charge < -0.3 is 25.8 Å². The normalized spacial score (nSPS) is 14.5. The van der Waals surface area contributed by atoms with Crippen LogP contribution in [0.1, 0.15) is 28.8 Å². The van der Waals surface area contributed by atoms with Crippen molar-refractivity contribution < 1.29 is 15.5 Å². The second kappa shape index (κ2) is 22.9. The molecule has 312 valence electrons. The first-order chi connectivity index (χ1) is 28.7. The van der Waals surface area contributed by atoms with Crippen molar-refractivity contribution in [3.05, 3.63) is 131 Å². The minimum atomic E-state index is -0.178. The van der Waals surface area contributed by atoms with Crippen LogP contribution in [-0.4, -0.2) is 99.7 Å². The topological polar surface area (TPSA) is 117 Å². The van der Waals surface area contributed by atoms with Crippen LogP contribution in [0.3, 0.4) is 0 Å². The number of halogens is 1. The molecule has 0 aromatic heterocycles. The van der Waals surface area contributed by atoms with Crippen molar-refractivity contribution in [1.29, 1.82) is 0 Å². The van der Waals surface area contributed by atoms with Crippen molar-refractivity contribution in [1.82, 2.24) is 19.8 Å². The van der Waals surface area contributed by atoms with Crippen LogP contribution in [0.25, 0.3) is 11.1 Å². The summed E-state index contributed by atoms with van der Waals surface area (Å²) in [4.78, 5) is 24.6. The van der Waals surface area contributed by atoms with E-state index in [4.69, 9.17) is 17.3 Å². The number of thioether (sulfide) groups is 1. The number of amides is 1. The molecule has 59 heavy (non-hydrogen) atoms. The number of anilines is 3. The molecule has 0 atom stereocenters. The van der Waals surface area contributed by atoms with E-state index in [-0.39, 0.29) is 5.91 Å². The molecular formula is C46H58ClN8O2S2+. The second-order valence-electron chi connectivity index (χ2n) is 15.0. The minimum absolute atomic E-state index is 0.178. The van der Waals surface area contributed by atoms with E-state index in [1.54, 1.807) is 18.2 Å². The summed E-state index contributed by atoms with van der Waals surface area (Å²) in [5.41, 5.74) is 14.5. The lowest BCUT2D eigenvalue weighted by Crippen LogP contribution is -2.74. The van der Waals surface area contributed by atoms with E-state index in [1.807, 2.05) is 48.2 Å². The maximum Gasteiger partial charge on any atom is 0.261 e. The van der Waals surface area contributed by atoms with E-state index in [2.05, 4.69) is 104 Å². The van der Waals surface area contributed by atoms with Crippen LogP contribution in [0.4, 0.5) is 22.7 Å². The second-order valence-corrected chi connectivity index (χ2v) is 17.5. The molecule has 0 unspecified atom stereocenters. The number of nitrogens with two attached hydrogens (primary N) is 2. The van der Waals surface area contributed by atoms with Crippen molar-refractivity contribution in [2.75, 3.05) is 94.3 Å². The van der Waals surface area contributed by atoms with Crippen LogP contribution < -0.4 is 31.1 Å². The Balaban J connectivity index is 0.000000355. The number of benzene rings is 5. The lowest BCUT2D eigenvalue weighted by atomic mass is 9.98. The third-order valence-corrected chi connectivity index (χ3v) is 12.6. The average Bonchev–Trinajstić information content (AvgIpc) is 3.27. The van der Waals surface area contributed by atoms with E-state index in [9.17, 15) is 10.0 Å². The fourth-order valence-corrected chi connectivity index (χ4v) is 8.81. The number of unbranched alkanes of at least 4 members (excludes halogenated alkanes) is 1. The smallest absolute Gasteiger partial charge is 0.261 e. The lowest BCUT2D eigenvalue weighted by Gasteiger charge is -2.37. The number of nitrogens with one attached hydrogen (secondary N) is 2. The number of hydrogen-bond donors (Lipinski definition) is 5. The molecule has 7 rings (SSSR count). The molecule has 2 saturated heterocycles. The van der Waals surface area contributed by atoms with Gasteiger partial charge in [-0.15, -0.1) is 11.8 Å². The van der Waals surface area contributed by atoms with Gasteiger partial charge in [0.2, 0.25) is 0 Å². The van der Waals surface area contributed by atoms with E-state index in [0.29, 0.717) is 16.9 Å². The number of nitrogen functional groups attached to an aromatic ring is 1. The molecule has 1 amide bonds. The summed E-state index contributed by atoms with van der Waals surface area (Å²) in [5, 5.41) is 13.5. The first kappa shape index (κ1) is 44.3. The van der Waals surface area contributed by atoms with Gasteiger partial charge in [0.05, 0.1) is 5.69 Å². The van der Waals surface area contributed by atoms with Gasteiger partial charge in [-0.05, 0) is 141 Å². The molecule has 2 heterocycles. The van der Waals surface area contributed by atoms with Gasteiger partial charge in [0.25, 0.3) is 5.91 Å². The van der Waals surface area contributed by atoms with Crippen LogP contribution in [-0.2, 0) is 6.54 Å². The van der Waals surface area contributed by atoms with E-state index in [0.717, 1.165) is 80.0 Å². The SMILES string of the molecule is CN(C)CCCCSc1ccccc1.Nc1ccc(SNC(=O)c2ccc(N3CCN(Cc4cc(N5CCNCC5)ccc4-c4ccc(Cl)cc4)CC3)cc2)cc1[NH2+]O. The van der Waals surface area contributed by atoms with Crippen molar-refractivity contribution >= 4 is 64.0 Å². The largest absolute Gasteiger partial charge is 0.394 e. The summed E-state index contributed by atoms with van der Waals surface area (Å²) in [6, 6.07) is 38.7. The zero-order valence-corrected chi connectivity index (χ0v) is 36.5. The number of carbonyl (C=O) groups is 1. The van der Waals surface area contributed by atoms with Gasteiger partial charge in [0, 0.05) is 96.7 Å². The molecule has 0 radical (unpaired) electrons. The van der Waals surface area contributed by atoms with Gasteiger partial charge in [-0.2, -0.15) is 5.48 Å². The summed E-state index contributed by atoms with van der Waals surface area (Å²) in [7, 11) is 4.26. The molecule has 2 aliphatic rings. The predicted molar refractivity (Wildman–Crippen MR) is 248 cm³/mol. The highest BCUT2D eigenvalue weighted by Gasteiger charge is 2.21. The monoisotopic (exact) mass is 853 g/mol. The zero-order valence-electron chi connectivity index (χ0n) is 34.2. The highest BCUT2D eigenvalue weighted by Crippen LogP contribution is 2.31. The van der Waals surface area contributed by atoms with Crippen molar-refractivity contribution in [3.8, 4) is 11.1 Å². The molecule has 0 aliphatic carbocycles. The van der Waals surface area contributed by atoms with Crippen LogP contribution in [0.2, 0.25) is 5.02 Å². The van der Waals surface area contributed by atoms with Crippen molar-refractivity contribution in [3.63, 3.8) is 0 Å². The third kappa shape index (κ3) is 13.6. The fourth-order valence-electron chi connectivity index (χ4n) is 7.10. The quantitative estimate of drug-likeness (QED) is 0.0239. The Morgan fingerprint density at radius 1 is 0.814 bits per heavy atom. The Hall–Kier alpha value is -4.24. The molecule has 0 spiro atoms. The molecule has 2 fully saturated rings. The van der Waals surface area contributed by atoms with Gasteiger partial charge >= 0.3 is 0 Å². The Bertz CT molecular complexity index is 2040. The summed E-state index contributed by atoms with van der Waals surface area (Å²) in [6.07, 6.45) is 2.60. The molecule has 5 aromatic carbocycles. The lowest BCUT2D eigenvalue weighted by molar-refractivity contribution is -0.825. The summed E-state index contributed by atoms with van der Waals surface area (Å²) >= 11 is 9.35. The summed E-state index contributed by atoms with van der Waals surface area (Å²) in [5.74, 6) is 1.06. The zero-order chi connectivity index (χ0) is 41.4. The average molecular weight is 855 g/mol. The Kier molecular flexibility index (Phi) is 17.2. The van der Waals surface area contributed by atoms with Crippen LogP contribution in [0.5, 0.6) is 0 Å². The molecule has 0 bridgehead atoms. The van der Waals surface area contributed by atoms with Crippen LogP contribution in [0.15, 0.2) is 125 Å². The summed E-state index contributed by atoms with van der Waals surface area (Å²) < 4.78 is 2.87. The van der Waals surface area contributed by atoms with Gasteiger partial charge in [-0.25, -0.2) is 5.21 Å². The fraction of sp³-hybridized carbons (Fsp3) is 0.326. The maximum absolute atomic E-state index is 12.8. The van der Waals surface area contributed by atoms with Gasteiger partial charge in [0.1, 0.15) is 0 Å². The Morgan fingerprint density at radius 3 is 2.20 bits per heavy atom.